The number of aromatic nitrogens is 2. The molecule has 5 nitrogen and oxygen atoms in total. The summed E-state index contributed by atoms with van der Waals surface area (Å²) < 4.78 is 1.80. The summed E-state index contributed by atoms with van der Waals surface area (Å²) in [5.74, 6) is 0.453. The van der Waals surface area contributed by atoms with E-state index in [9.17, 15) is 4.79 Å². The van der Waals surface area contributed by atoms with Crippen LogP contribution in [0.2, 0.25) is 0 Å². The van der Waals surface area contributed by atoms with Crippen LogP contribution >= 0.6 is 0 Å². The predicted molar refractivity (Wildman–Crippen MR) is 62.7 cm³/mol. The Morgan fingerprint density at radius 3 is 2.81 bits per heavy atom. The number of nitrogens with one attached hydrogen (secondary N) is 1. The Kier molecular flexibility index (Phi) is 4.49. The van der Waals surface area contributed by atoms with Crippen LogP contribution in [0.4, 0.5) is 0 Å². The average molecular weight is 224 g/mol. The SMILES string of the molecule is CC(C)CNC(=O)C(C)n1cncc1CN. The first-order valence-corrected chi connectivity index (χ1v) is 5.54. The Morgan fingerprint density at radius 2 is 2.25 bits per heavy atom. The fraction of sp³-hybridized carbons (Fsp3) is 0.636. The first-order chi connectivity index (χ1) is 7.56. The molecule has 0 radical (unpaired) electrons. The van der Waals surface area contributed by atoms with Gasteiger partial charge in [-0.05, 0) is 12.8 Å². The molecule has 1 rings (SSSR count). The van der Waals surface area contributed by atoms with Gasteiger partial charge in [-0.15, -0.1) is 0 Å². The smallest absolute Gasteiger partial charge is 0.242 e. The zero-order valence-corrected chi connectivity index (χ0v) is 10.1. The first kappa shape index (κ1) is 12.7. The van der Waals surface area contributed by atoms with Crippen LogP contribution in [0.15, 0.2) is 12.5 Å². The van der Waals surface area contributed by atoms with Crippen LogP contribution in [0, 0.1) is 5.92 Å². The van der Waals surface area contributed by atoms with E-state index in [2.05, 4.69) is 24.1 Å². The van der Waals surface area contributed by atoms with Gasteiger partial charge in [0, 0.05) is 19.3 Å². The number of imidazole rings is 1. The highest BCUT2D eigenvalue weighted by Gasteiger charge is 2.16. The molecule has 0 aliphatic heterocycles. The molecule has 0 spiro atoms. The van der Waals surface area contributed by atoms with Crippen molar-refractivity contribution in [2.75, 3.05) is 6.54 Å². The fourth-order valence-corrected chi connectivity index (χ4v) is 1.42. The number of amides is 1. The Labute approximate surface area is 96.0 Å². The highest BCUT2D eigenvalue weighted by atomic mass is 16.2. The molecule has 1 heterocycles. The molecule has 0 aromatic carbocycles. The van der Waals surface area contributed by atoms with Crippen molar-refractivity contribution in [2.24, 2.45) is 11.7 Å². The van der Waals surface area contributed by atoms with Gasteiger partial charge in [0.2, 0.25) is 5.91 Å². The van der Waals surface area contributed by atoms with Gasteiger partial charge in [-0.2, -0.15) is 0 Å². The summed E-state index contributed by atoms with van der Waals surface area (Å²) in [6.45, 7) is 7.05. The van der Waals surface area contributed by atoms with Crippen molar-refractivity contribution >= 4 is 5.91 Å². The van der Waals surface area contributed by atoms with Crippen molar-refractivity contribution < 1.29 is 4.79 Å². The zero-order valence-electron chi connectivity index (χ0n) is 10.1. The summed E-state index contributed by atoms with van der Waals surface area (Å²) in [6.07, 6.45) is 3.33. The van der Waals surface area contributed by atoms with Crippen molar-refractivity contribution in [1.82, 2.24) is 14.9 Å². The van der Waals surface area contributed by atoms with Gasteiger partial charge in [0.1, 0.15) is 6.04 Å². The predicted octanol–water partition coefficient (Wildman–Crippen LogP) is 0.675. The van der Waals surface area contributed by atoms with Crippen LogP contribution in [0.3, 0.4) is 0 Å². The maximum Gasteiger partial charge on any atom is 0.242 e. The van der Waals surface area contributed by atoms with Gasteiger partial charge in [0.25, 0.3) is 0 Å². The third-order valence-electron chi connectivity index (χ3n) is 2.44. The quantitative estimate of drug-likeness (QED) is 0.772. The Bertz CT molecular complexity index is 346. The van der Waals surface area contributed by atoms with Crippen LogP contribution < -0.4 is 11.1 Å². The zero-order chi connectivity index (χ0) is 12.1. The van der Waals surface area contributed by atoms with E-state index in [1.807, 2.05) is 6.92 Å². The van der Waals surface area contributed by atoms with E-state index in [-0.39, 0.29) is 11.9 Å². The molecule has 0 fully saturated rings. The number of rotatable bonds is 5. The fourth-order valence-electron chi connectivity index (χ4n) is 1.42. The van der Waals surface area contributed by atoms with Gasteiger partial charge in [-0.1, -0.05) is 13.8 Å². The number of hydrogen-bond acceptors (Lipinski definition) is 3. The van der Waals surface area contributed by atoms with E-state index in [0.717, 1.165) is 5.69 Å². The Morgan fingerprint density at radius 1 is 1.56 bits per heavy atom. The van der Waals surface area contributed by atoms with Crippen LogP contribution in [-0.4, -0.2) is 22.0 Å². The summed E-state index contributed by atoms with van der Waals surface area (Å²) in [6, 6.07) is -0.264. The van der Waals surface area contributed by atoms with Gasteiger partial charge in [-0.3, -0.25) is 4.79 Å². The molecule has 5 heteroatoms. The van der Waals surface area contributed by atoms with E-state index in [0.29, 0.717) is 19.0 Å². The molecule has 1 amide bonds. The highest BCUT2D eigenvalue weighted by molar-refractivity contribution is 5.79. The normalized spacial score (nSPS) is 12.8. The first-order valence-electron chi connectivity index (χ1n) is 5.54. The number of hydrogen-bond donors (Lipinski definition) is 2. The van der Waals surface area contributed by atoms with Crippen LogP contribution in [0.1, 0.15) is 32.5 Å². The molecule has 90 valence electrons. The van der Waals surface area contributed by atoms with Crippen molar-refractivity contribution in [1.29, 1.82) is 0 Å². The second kappa shape index (κ2) is 5.65. The lowest BCUT2D eigenvalue weighted by Crippen LogP contribution is -2.34. The molecule has 0 aliphatic rings. The topological polar surface area (TPSA) is 72.9 Å². The standard InChI is InChI=1S/C11H20N4O/c1-8(2)5-14-11(16)9(3)15-7-13-6-10(15)4-12/h6-9H,4-5,12H2,1-3H3,(H,14,16). The lowest BCUT2D eigenvalue weighted by molar-refractivity contribution is -0.124. The maximum atomic E-state index is 11.8. The van der Waals surface area contributed by atoms with Crippen molar-refractivity contribution in [2.45, 2.75) is 33.4 Å². The van der Waals surface area contributed by atoms with Gasteiger partial charge in [0.05, 0.1) is 12.0 Å². The summed E-state index contributed by atoms with van der Waals surface area (Å²) >= 11 is 0. The molecule has 0 saturated carbocycles. The molecule has 1 atom stereocenters. The van der Waals surface area contributed by atoms with E-state index >= 15 is 0 Å². The summed E-state index contributed by atoms with van der Waals surface area (Å²) in [5.41, 5.74) is 6.43. The highest BCUT2D eigenvalue weighted by Crippen LogP contribution is 2.09. The van der Waals surface area contributed by atoms with E-state index in [4.69, 9.17) is 5.73 Å². The van der Waals surface area contributed by atoms with Gasteiger partial charge in [0.15, 0.2) is 0 Å². The monoisotopic (exact) mass is 224 g/mol. The maximum absolute atomic E-state index is 11.8. The van der Waals surface area contributed by atoms with Gasteiger partial charge >= 0.3 is 0 Å². The molecule has 16 heavy (non-hydrogen) atoms. The minimum atomic E-state index is -0.264. The Hall–Kier alpha value is -1.36. The molecule has 1 aromatic heterocycles. The van der Waals surface area contributed by atoms with E-state index in [1.54, 1.807) is 17.1 Å². The van der Waals surface area contributed by atoms with E-state index in [1.165, 1.54) is 0 Å². The molecule has 0 aliphatic carbocycles. The van der Waals surface area contributed by atoms with Crippen molar-refractivity contribution in [3.05, 3.63) is 18.2 Å². The second-order valence-corrected chi connectivity index (χ2v) is 4.31. The lowest BCUT2D eigenvalue weighted by Gasteiger charge is -2.16. The molecule has 1 unspecified atom stereocenters. The van der Waals surface area contributed by atoms with Gasteiger partial charge < -0.3 is 15.6 Å². The number of nitrogens with zero attached hydrogens (tertiary/aromatic N) is 2. The van der Waals surface area contributed by atoms with Crippen LogP contribution in [0.25, 0.3) is 0 Å². The van der Waals surface area contributed by atoms with Gasteiger partial charge in [-0.25, -0.2) is 4.98 Å². The molecule has 0 saturated heterocycles. The van der Waals surface area contributed by atoms with Crippen molar-refractivity contribution in [3.8, 4) is 0 Å². The third kappa shape index (κ3) is 3.06. The number of carbonyl (C=O) groups is 1. The summed E-state index contributed by atoms with van der Waals surface area (Å²) in [4.78, 5) is 15.8. The lowest BCUT2D eigenvalue weighted by atomic mass is 10.2. The second-order valence-electron chi connectivity index (χ2n) is 4.31. The average Bonchev–Trinajstić information content (AvgIpc) is 2.72. The molecular weight excluding hydrogens is 204 g/mol. The largest absolute Gasteiger partial charge is 0.354 e. The minimum absolute atomic E-state index is 0.00130. The molecule has 0 bridgehead atoms. The molecule has 3 N–H and O–H groups in total. The van der Waals surface area contributed by atoms with Crippen LogP contribution in [0.5, 0.6) is 0 Å². The van der Waals surface area contributed by atoms with Crippen LogP contribution in [-0.2, 0) is 11.3 Å². The number of nitrogens with two attached hydrogens (primary N) is 1. The molecular formula is C11H20N4O. The minimum Gasteiger partial charge on any atom is -0.354 e. The van der Waals surface area contributed by atoms with E-state index < -0.39 is 0 Å². The molecule has 1 aromatic rings. The summed E-state index contributed by atoms with van der Waals surface area (Å²) in [7, 11) is 0. The number of carbonyl (C=O) groups excluding carboxylic acids is 1. The summed E-state index contributed by atoms with van der Waals surface area (Å²) in [5, 5.41) is 2.89. The van der Waals surface area contributed by atoms with Crippen molar-refractivity contribution in [3.63, 3.8) is 0 Å². The Balaban J connectivity index is 2.63. The third-order valence-corrected chi connectivity index (χ3v) is 2.44.